The summed E-state index contributed by atoms with van der Waals surface area (Å²) in [5.41, 5.74) is 0. The van der Waals surface area contributed by atoms with E-state index >= 15 is 0 Å². The van der Waals surface area contributed by atoms with Gasteiger partial charge in [0.2, 0.25) is 0 Å². The topological polar surface area (TPSA) is 72.4 Å². The van der Waals surface area contributed by atoms with Crippen LogP contribution in [0, 0.1) is 0 Å². The number of unbranched alkanes of at least 4 members (excludes halogenated alkanes) is 6. The van der Waals surface area contributed by atoms with E-state index < -0.39 is 22.4 Å². The smallest absolute Gasteiger partial charge is 0.305 e. The zero-order chi connectivity index (χ0) is 21.9. The van der Waals surface area contributed by atoms with Gasteiger partial charge in [0, 0.05) is 6.42 Å². The molecule has 0 aromatic heterocycles. The summed E-state index contributed by atoms with van der Waals surface area (Å²) in [6.07, 6.45) is 14.6. The highest BCUT2D eigenvalue weighted by Crippen LogP contribution is 2.23. The summed E-state index contributed by atoms with van der Waals surface area (Å²) in [5.74, 6) is 1.35. The number of hydrogen-bond donors (Lipinski definition) is 0. The van der Waals surface area contributed by atoms with E-state index in [4.69, 9.17) is 0 Å². The highest BCUT2D eigenvalue weighted by molar-refractivity contribution is 7.92. The average Bonchev–Trinajstić information content (AvgIpc) is 2.74. The van der Waals surface area contributed by atoms with Crippen LogP contribution in [-0.2, 0) is 31.9 Å². The van der Waals surface area contributed by atoms with Crippen LogP contribution in [0.4, 0.5) is 0 Å². The Morgan fingerprint density at radius 2 is 1.17 bits per heavy atom. The van der Waals surface area contributed by atoms with Crippen molar-refractivity contribution in [1.29, 1.82) is 0 Å². The van der Waals surface area contributed by atoms with Crippen molar-refractivity contribution >= 4 is 28.3 Å². The minimum Gasteiger partial charge on any atom is -0.616 e. The third kappa shape index (κ3) is 15.5. The molecule has 0 aliphatic rings. The van der Waals surface area contributed by atoms with E-state index in [1.807, 2.05) is 13.8 Å². The van der Waals surface area contributed by atoms with Crippen LogP contribution in [0.3, 0.4) is 0 Å². The van der Waals surface area contributed by atoms with Gasteiger partial charge in [0.15, 0.2) is 0 Å². The summed E-state index contributed by atoms with van der Waals surface area (Å²) in [6, 6.07) is 0. The molecular weight excluding hydrogens is 404 g/mol. The lowest BCUT2D eigenvalue weighted by Crippen LogP contribution is -2.26. The average molecular weight is 451 g/mol. The van der Waals surface area contributed by atoms with Gasteiger partial charge in [-0.1, -0.05) is 61.4 Å². The Labute approximate surface area is 186 Å². The van der Waals surface area contributed by atoms with Crippen LogP contribution < -0.4 is 0 Å². The fourth-order valence-corrected chi connectivity index (χ4v) is 6.42. The maximum absolute atomic E-state index is 12.5. The second-order valence-electron chi connectivity index (χ2n) is 7.89. The maximum Gasteiger partial charge on any atom is 0.305 e. The van der Waals surface area contributed by atoms with Gasteiger partial charge in [-0.15, -0.1) is 0 Å². The normalized spacial score (nSPS) is 15.7. The quantitative estimate of drug-likeness (QED) is 0.131. The molecule has 4 atom stereocenters. The van der Waals surface area contributed by atoms with Crippen LogP contribution >= 0.6 is 0 Å². The maximum atomic E-state index is 12.5. The largest absolute Gasteiger partial charge is 0.616 e. The fraction of sp³-hybridized carbons (Fsp3) is 0.957. The highest BCUT2D eigenvalue weighted by atomic mass is 32.2. The molecule has 0 radical (unpaired) electrons. The second-order valence-corrected chi connectivity index (χ2v) is 11.9. The fourth-order valence-electron chi connectivity index (χ4n) is 3.75. The molecule has 0 saturated heterocycles. The van der Waals surface area contributed by atoms with E-state index in [0.717, 1.165) is 75.7 Å². The summed E-state index contributed by atoms with van der Waals surface area (Å²) in [6.45, 7) is 6.23. The van der Waals surface area contributed by atoms with E-state index in [1.165, 1.54) is 26.4 Å². The number of rotatable bonds is 20. The molecule has 0 bridgehead atoms. The molecule has 4 unspecified atom stereocenters. The van der Waals surface area contributed by atoms with Crippen LogP contribution in [-0.4, -0.2) is 44.2 Å². The molecule has 4 nitrogen and oxygen atoms in total. The zero-order valence-electron chi connectivity index (χ0n) is 19.4. The summed E-state index contributed by atoms with van der Waals surface area (Å²) < 4.78 is 29.5. The number of carbonyl (C=O) groups excluding carboxylic acids is 1. The van der Waals surface area contributed by atoms with Gasteiger partial charge in [0.25, 0.3) is 0 Å². The summed E-state index contributed by atoms with van der Waals surface area (Å²) in [5, 5.41) is 0.596. The molecule has 0 aliphatic carbocycles. The Hall–Kier alpha value is 0.0900. The predicted octanol–water partition coefficient (Wildman–Crippen LogP) is 5.92. The first-order valence-electron chi connectivity index (χ1n) is 11.8. The van der Waals surface area contributed by atoms with E-state index in [1.54, 1.807) is 0 Å². The number of esters is 1. The van der Waals surface area contributed by atoms with Crippen LogP contribution in [0.5, 0.6) is 0 Å². The SMILES string of the molecule is CCCCCC(CCCC(CCCCCCCC(=O)OC)[S+]([O-])CC)[S+]([O-])CC. The molecule has 0 N–H and O–H groups in total. The minimum absolute atomic E-state index is 0.125. The lowest BCUT2D eigenvalue weighted by molar-refractivity contribution is -0.140. The molecule has 0 saturated carbocycles. The van der Waals surface area contributed by atoms with Crippen molar-refractivity contribution in [2.75, 3.05) is 18.6 Å². The van der Waals surface area contributed by atoms with Crippen LogP contribution in [0.2, 0.25) is 0 Å². The van der Waals surface area contributed by atoms with Crippen LogP contribution in [0.25, 0.3) is 0 Å². The Morgan fingerprint density at radius 1 is 0.724 bits per heavy atom. The highest BCUT2D eigenvalue weighted by Gasteiger charge is 2.24. The van der Waals surface area contributed by atoms with Crippen molar-refractivity contribution in [2.45, 2.75) is 121 Å². The Balaban J connectivity index is 4.17. The van der Waals surface area contributed by atoms with E-state index in [2.05, 4.69) is 11.7 Å². The van der Waals surface area contributed by atoms with Gasteiger partial charge < -0.3 is 13.8 Å². The number of ether oxygens (including phenoxy) is 1. The van der Waals surface area contributed by atoms with Gasteiger partial charge in [-0.05, 0) is 65.2 Å². The van der Waals surface area contributed by atoms with Gasteiger partial charge in [-0.25, -0.2) is 0 Å². The van der Waals surface area contributed by atoms with Crippen LogP contribution in [0.1, 0.15) is 111 Å². The van der Waals surface area contributed by atoms with Crippen molar-refractivity contribution in [2.24, 2.45) is 0 Å². The van der Waals surface area contributed by atoms with E-state index in [9.17, 15) is 13.9 Å². The van der Waals surface area contributed by atoms with Gasteiger partial charge in [0.05, 0.1) is 7.11 Å². The van der Waals surface area contributed by atoms with E-state index in [-0.39, 0.29) is 11.2 Å². The first-order valence-corrected chi connectivity index (χ1v) is 14.6. The van der Waals surface area contributed by atoms with Crippen molar-refractivity contribution in [3.05, 3.63) is 0 Å². The molecule has 0 spiro atoms. The summed E-state index contributed by atoms with van der Waals surface area (Å²) >= 11 is -1.47. The lowest BCUT2D eigenvalue weighted by atomic mass is 10.0. The van der Waals surface area contributed by atoms with Crippen molar-refractivity contribution in [3.63, 3.8) is 0 Å². The monoisotopic (exact) mass is 450 g/mol. The first kappa shape index (κ1) is 29.1. The van der Waals surface area contributed by atoms with Gasteiger partial charge in [0.1, 0.15) is 22.0 Å². The Bertz CT molecular complexity index is 382. The van der Waals surface area contributed by atoms with Crippen molar-refractivity contribution in [1.82, 2.24) is 0 Å². The molecule has 0 fully saturated rings. The van der Waals surface area contributed by atoms with Crippen molar-refractivity contribution in [3.8, 4) is 0 Å². The first-order chi connectivity index (χ1) is 14.0. The standard InChI is InChI=1S/C23H46O4S2/c1-5-8-12-16-21(28(25)6-2)18-15-19-22(29(26)7-3)17-13-10-9-11-14-20-23(24)27-4/h21-22H,5-20H2,1-4H3. The molecule has 0 amide bonds. The van der Waals surface area contributed by atoms with Gasteiger partial charge in [-0.3, -0.25) is 4.79 Å². The molecule has 174 valence electrons. The third-order valence-electron chi connectivity index (χ3n) is 5.63. The summed E-state index contributed by atoms with van der Waals surface area (Å²) in [4.78, 5) is 11.1. The minimum atomic E-state index is -0.752. The van der Waals surface area contributed by atoms with Crippen LogP contribution in [0.15, 0.2) is 0 Å². The molecule has 6 heteroatoms. The predicted molar refractivity (Wildman–Crippen MR) is 127 cm³/mol. The molecule has 29 heavy (non-hydrogen) atoms. The van der Waals surface area contributed by atoms with Crippen molar-refractivity contribution < 1.29 is 18.6 Å². The molecule has 0 aliphatic heterocycles. The Morgan fingerprint density at radius 3 is 1.66 bits per heavy atom. The zero-order valence-corrected chi connectivity index (χ0v) is 21.1. The molecule has 0 aromatic rings. The molecule has 0 rings (SSSR count). The Kier molecular flexibility index (Phi) is 20.1. The number of hydrogen-bond acceptors (Lipinski definition) is 4. The van der Waals surface area contributed by atoms with Gasteiger partial charge in [-0.2, -0.15) is 0 Å². The molecular formula is C23H46O4S2. The summed E-state index contributed by atoms with van der Waals surface area (Å²) in [7, 11) is 1.43. The molecule has 0 aromatic carbocycles. The van der Waals surface area contributed by atoms with E-state index in [0.29, 0.717) is 11.7 Å². The van der Waals surface area contributed by atoms with Gasteiger partial charge >= 0.3 is 5.97 Å². The second kappa shape index (κ2) is 20.0. The number of methoxy groups -OCH3 is 1. The third-order valence-corrected chi connectivity index (χ3v) is 9.20. The lowest BCUT2D eigenvalue weighted by Gasteiger charge is -2.24. The number of carbonyl (C=O) groups is 1. The molecule has 0 heterocycles.